The first-order valence-electron chi connectivity index (χ1n) is 7.97. The highest BCUT2D eigenvalue weighted by molar-refractivity contribution is 5.78. The molecular formula is C19H22FNO4. The highest BCUT2D eigenvalue weighted by Crippen LogP contribution is 2.30. The summed E-state index contributed by atoms with van der Waals surface area (Å²) in [5.74, 6) is 0.439. The Morgan fingerprint density at radius 2 is 1.80 bits per heavy atom. The van der Waals surface area contributed by atoms with Crippen LogP contribution in [0.15, 0.2) is 42.5 Å². The minimum absolute atomic E-state index is 0.0526. The quantitative estimate of drug-likeness (QED) is 0.794. The molecule has 6 heteroatoms. The summed E-state index contributed by atoms with van der Waals surface area (Å²) in [6, 6.07) is 11.2. The number of benzene rings is 2. The molecular weight excluding hydrogens is 325 g/mol. The van der Waals surface area contributed by atoms with Crippen molar-refractivity contribution in [3.63, 3.8) is 0 Å². The van der Waals surface area contributed by atoms with Gasteiger partial charge in [-0.3, -0.25) is 4.79 Å². The van der Waals surface area contributed by atoms with Gasteiger partial charge in [-0.1, -0.05) is 25.1 Å². The van der Waals surface area contributed by atoms with E-state index in [1.54, 1.807) is 32.4 Å². The van der Waals surface area contributed by atoms with Crippen molar-refractivity contribution in [2.24, 2.45) is 0 Å². The summed E-state index contributed by atoms with van der Waals surface area (Å²) in [5, 5.41) is 2.88. The van der Waals surface area contributed by atoms with Gasteiger partial charge in [-0.15, -0.1) is 0 Å². The van der Waals surface area contributed by atoms with Crippen LogP contribution in [0.2, 0.25) is 0 Å². The van der Waals surface area contributed by atoms with E-state index < -0.39 is 5.82 Å². The zero-order valence-electron chi connectivity index (χ0n) is 14.5. The fourth-order valence-corrected chi connectivity index (χ4v) is 2.43. The van der Waals surface area contributed by atoms with Crippen LogP contribution in [0, 0.1) is 5.82 Å². The van der Waals surface area contributed by atoms with Gasteiger partial charge in [0.05, 0.1) is 20.3 Å². The number of methoxy groups -OCH3 is 2. The summed E-state index contributed by atoms with van der Waals surface area (Å²) >= 11 is 0. The molecule has 0 aliphatic carbocycles. The molecule has 0 bridgehead atoms. The van der Waals surface area contributed by atoms with Crippen LogP contribution in [0.3, 0.4) is 0 Å². The number of halogens is 1. The topological polar surface area (TPSA) is 56.8 Å². The fourth-order valence-electron chi connectivity index (χ4n) is 2.43. The normalized spacial score (nSPS) is 11.5. The monoisotopic (exact) mass is 347 g/mol. The third-order valence-electron chi connectivity index (χ3n) is 3.75. The Morgan fingerprint density at radius 1 is 1.08 bits per heavy atom. The number of rotatable bonds is 8. The number of ether oxygens (including phenoxy) is 3. The molecule has 0 aliphatic rings. The van der Waals surface area contributed by atoms with Gasteiger partial charge >= 0.3 is 0 Å². The van der Waals surface area contributed by atoms with Gasteiger partial charge in [0.2, 0.25) is 0 Å². The van der Waals surface area contributed by atoms with Crippen LogP contribution in [-0.4, -0.2) is 26.7 Å². The van der Waals surface area contributed by atoms with Gasteiger partial charge in [0, 0.05) is 0 Å². The summed E-state index contributed by atoms with van der Waals surface area (Å²) in [6.07, 6.45) is 0.681. The average Bonchev–Trinajstić information content (AvgIpc) is 2.64. The van der Waals surface area contributed by atoms with E-state index in [-0.39, 0.29) is 24.3 Å². The standard InChI is InChI=1S/C19H22FNO4/c1-4-15(13-9-10-17(23-2)18(11-13)24-3)21-19(22)12-25-16-8-6-5-7-14(16)20/h5-11,15H,4,12H2,1-3H3,(H,21,22). The van der Waals surface area contributed by atoms with E-state index in [1.165, 1.54) is 12.1 Å². The van der Waals surface area contributed by atoms with E-state index in [0.29, 0.717) is 17.9 Å². The molecule has 0 saturated carbocycles. The van der Waals surface area contributed by atoms with E-state index in [1.807, 2.05) is 19.1 Å². The van der Waals surface area contributed by atoms with Gasteiger partial charge in [-0.25, -0.2) is 4.39 Å². The van der Waals surface area contributed by atoms with Crippen molar-refractivity contribution in [3.05, 3.63) is 53.8 Å². The molecule has 1 N–H and O–H groups in total. The number of carbonyl (C=O) groups is 1. The number of amides is 1. The Bertz CT molecular complexity index is 720. The van der Waals surface area contributed by atoms with Gasteiger partial charge in [0.15, 0.2) is 29.7 Å². The Hall–Kier alpha value is -2.76. The molecule has 5 nitrogen and oxygen atoms in total. The number of hydrogen-bond acceptors (Lipinski definition) is 4. The van der Waals surface area contributed by atoms with E-state index in [4.69, 9.17) is 14.2 Å². The van der Waals surface area contributed by atoms with Crippen LogP contribution in [0.25, 0.3) is 0 Å². The molecule has 0 radical (unpaired) electrons. The molecule has 0 spiro atoms. The minimum Gasteiger partial charge on any atom is -0.493 e. The molecule has 1 atom stereocenters. The lowest BCUT2D eigenvalue weighted by atomic mass is 10.0. The lowest BCUT2D eigenvalue weighted by Gasteiger charge is -2.19. The van der Waals surface area contributed by atoms with Crippen molar-refractivity contribution < 1.29 is 23.4 Å². The van der Waals surface area contributed by atoms with E-state index in [0.717, 1.165) is 5.56 Å². The summed E-state index contributed by atoms with van der Waals surface area (Å²) < 4.78 is 29.2. The lowest BCUT2D eigenvalue weighted by Crippen LogP contribution is -2.32. The molecule has 0 heterocycles. The number of nitrogens with one attached hydrogen (secondary N) is 1. The predicted molar refractivity (Wildman–Crippen MR) is 92.6 cm³/mol. The van der Waals surface area contributed by atoms with Crippen molar-refractivity contribution >= 4 is 5.91 Å². The average molecular weight is 347 g/mol. The molecule has 2 aromatic rings. The summed E-state index contributed by atoms with van der Waals surface area (Å²) in [4.78, 5) is 12.1. The van der Waals surface area contributed by atoms with Gasteiger partial charge in [0.1, 0.15) is 0 Å². The molecule has 0 aromatic heterocycles. The smallest absolute Gasteiger partial charge is 0.258 e. The molecule has 0 saturated heterocycles. The summed E-state index contributed by atoms with van der Waals surface area (Å²) in [5.41, 5.74) is 0.888. The molecule has 2 rings (SSSR count). The van der Waals surface area contributed by atoms with Crippen LogP contribution in [0.5, 0.6) is 17.2 Å². The third kappa shape index (κ3) is 4.86. The zero-order chi connectivity index (χ0) is 18.2. The highest BCUT2D eigenvalue weighted by atomic mass is 19.1. The van der Waals surface area contributed by atoms with Gasteiger partial charge in [-0.2, -0.15) is 0 Å². The summed E-state index contributed by atoms with van der Waals surface area (Å²) in [6.45, 7) is 1.70. The molecule has 1 amide bonds. The molecule has 0 fully saturated rings. The molecule has 0 aliphatic heterocycles. The van der Waals surface area contributed by atoms with E-state index in [2.05, 4.69) is 5.32 Å². The molecule has 134 valence electrons. The maximum Gasteiger partial charge on any atom is 0.258 e. The number of para-hydroxylation sites is 1. The Morgan fingerprint density at radius 3 is 2.44 bits per heavy atom. The highest BCUT2D eigenvalue weighted by Gasteiger charge is 2.16. The zero-order valence-corrected chi connectivity index (χ0v) is 14.5. The van der Waals surface area contributed by atoms with Crippen LogP contribution < -0.4 is 19.5 Å². The molecule has 2 aromatic carbocycles. The van der Waals surface area contributed by atoms with Crippen molar-refractivity contribution in [1.29, 1.82) is 0 Å². The number of carbonyl (C=O) groups excluding carboxylic acids is 1. The first-order valence-corrected chi connectivity index (χ1v) is 7.97. The minimum atomic E-state index is -0.498. The molecule has 1 unspecified atom stereocenters. The van der Waals surface area contributed by atoms with Crippen LogP contribution >= 0.6 is 0 Å². The Balaban J connectivity index is 2.01. The van der Waals surface area contributed by atoms with Gasteiger partial charge in [-0.05, 0) is 36.2 Å². The maximum absolute atomic E-state index is 13.5. The lowest BCUT2D eigenvalue weighted by molar-refractivity contribution is -0.123. The van der Waals surface area contributed by atoms with Crippen LogP contribution in [0.4, 0.5) is 4.39 Å². The first kappa shape index (κ1) is 18.6. The SMILES string of the molecule is CCC(NC(=O)COc1ccccc1F)c1ccc(OC)c(OC)c1. The van der Waals surface area contributed by atoms with Crippen molar-refractivity contribution in [2.75, 3.05) is 20.8 Å². The summed E-state index contributed by atoms with van der Waals surface area (Å²) in [7, 11) is 3.13. The van der Waals surface area contributed by atoms with Gasteiger partial charge in [0.25, 0.3) is 5.91 Å². The van der Waals surface area contributed by atoms with Crippen molar-refractivity contribution in [3.8, 4) is 17.2 Å². The second-order valence-electron chi connectivity index (χ2n) is 5.36. The van der Waals surface area contributed by atoms with E-state index in [9.17, 15) is 9.18 Å². The second kappa shape index (κ2) is 8.92. The van der Waals surface area contributed by atoms with Gasteiger partial charge < -0.3 is 19.5 Å². The third-order valence-corrected chi connectivity index (χ3v) is 3.75. The Kier molecular flexibility index (Phi) is 6.62. The van der Waals surface area contributed by atoms with Crippen LogP contribution in [-0.2, 0) is 4.79 Å². The molecule has 25 heavy (non-hydrogen) atoms. The fraction of sp³-hybridized carbons (Fsp3) is 0.316. The second-order valence-corrected chi connectivity index (χ2v) is 5.36. The Labute approximate surface area is 146 Å². The first-order chi connectivity index (χ1) is 12.1. The van der Waals surface area contributed by atoms with Crippen LogP contribution in [0.1, 0.15) is 24.9 Å². The predicted octanol–water partition coefficient (Wildman–Crippen LogP) is 3.49. The number of hydrogen-bond donors (Lipinski definition) is 1. The van der Waals surface area contributed by atoms with Crippen molar-refractivity contribution in [1.82, 2.24) is 5.32 Å². The maximum atomic E-state index is 13.5. The van der Waals surface area contributed by atoms with Crippen molar-refractivity contribution in [2.45, 2.75) is 19.4 Å². The largest absolute Gasteiger partial charge is 0.493 e. The van der Waals surface area contributed by atoms with E-state index >= 15 is 0 Å².